The molecule has 0 heterocycles. The molecule has 2 nitrogen and oxygen atoms in total. The zero-order valence-corrected chi connectivity index (χ0v) is 11.5. The maximum absolute atomic E-state index is 3.54. The monoisotopic (exact) mass is 214 g/mol. The Hall–Kier alpha value is -0.0800. The van der Waals surface area contributed by atoms with Gasteiger partial charge in [-0.25, -0.2) is 0 Å². The molecule has 0 fully saturated rings. The first kappa shape index (κ1) is 14.9. The summed E-state index contributed by atoms with van der Waals surface area (Å²) < 4.78 is 0. The Morgan fingerprint density at radius 2 is 1.60 bits per heavy atom. The predicted molar refractivity (Wildman–Crippen MR) is 69.3 cm³/mol. The standard InChI is InChI=1S/C13H30N2/c1-7-8-15(12(4)5)13(6)10-14-9-11(2)3/h11-14H,7-10H2,1-6H3. The lowest BCUT2D eigenvalue weighted by Crippen LogP contribution is -2.45. The van der Waals surface area contributed by atoms with E-state index in [1.165, 1.54) is 13.0 Å². The van der Waals surface area contributed by atoms with E-state index in [2.05, 4.69) is 51.8 Å². The van der Waals surface area contributed by atoms with Crippen molar-refractivity contribution in [3.8, 4) is 0 Å². The van der Waals surface area contributed by atoms with Crippen LogP contribution in [0.4, 0.5) is 0 Å². The molecule has 0 bridgehead atoms. The molecule has 92 valence electrons. The molecule has 0 aromatic carbocycles. The van der Waals surface area contributed by atoms with E-state index >= 15 is 0 Å². The Bertz CT molecular complexity index is 143. The summed E-state index contributed by atoms with van der Waals surface area (Å²) in [6, 6.07) is 1.30. The van der Waals surface area contributed by atoms with Crippen molar-refractivity contribution in [1.29, 1.82) is 0 Å². The number of rotatable bonds is 8. The van der Waals surface area contributed by atoms with Crippen molar-refractivity contribution in [2.75, 3.05) is 19.6 Å². The lowest BCUT2D eigenvalue weighted by Gasteiger charge is -2.32. The topological polar surface area (TPSA) is 15.3 Å². The van der Waals surface area contributed by atoms with Gasteiger partial charge in [-0.1, -0.05) is 20.8 Å². The van der Waals surface area contributed by atoms with E-state index in [0.29, 0.717) is 12.1 Å². The number of hydrogen-bond donors (Lipinski definition) is 1. The van der Waals surface area contributed by atoms with E-state index in [1.54, 1.807) is 0 Å². The highest BCUT2D eigenvalue weighted by Gasteiger charge is 2.15. The van der Waals surface area contributed by atoms with Gasteiger partial charge in [0.1, 0.15) is 0 Å². The van der Waals surface area contributed by atoms with Gasteiger partial charge in [0, 0.05) is 18.6 Å². The maximum atomic E-state index is 3.54. The largest absolute Gasteiger partial charge is 0.315 e. The molecular formula is C13H30N2. The Morgan fingerprint density at radius 1 is 1.00 bits per heavy atom. The highest BCUT2D eigenvalue weighted by molar-refractivity contribution is 4.72. The normalized spacial score (nSPS) is 14.2. The molecule has 0 spiro atoms. The van der Waals surface area contributed by atoms with Crippen LogP contribution in [0.1, 0.15) is 48.0 Å². The molecule has 0 aliphatic heterocycles. The van der Waals surface area contributed by atoms with E-state index in [0.717, 1.165) is 19.0 Å². The van der Waals surface area contributed by atoms with Crippen LogP contribution in [-0.2, 0) is 0 Å². The van der Waals surface area contributed by atoms with Crippen LogP contribution in [-0.4, -0.2) is 36.6 Å². The highest BCUT2D eigenvalue weighted by atomic mass is 15.2. The summed E-state index contributed by atoms with van der Waals surface area (Å²) in [7, 11) is 0. The zero-order valence-electron chi connectivity index (χ0n) is 11.5. The summed E-state index contributed by atoms with van der Waals surface area (Å²) in [4.78, 5) is 2.58. The van der Waals surface area contributed by atoms with Crippen molar-refractivity contribution in [3.05, 3.63) is 0 Å². The third-order valence-electron chi connectivity index (χ3n) is 2.70. The Morgan fingerprint density at radius 3 is 2.00 bits per heavy atom. The summed E-state index contributed by atoms with van der Waals surface area (Å²) in [5.41, 5.74) is 0. The Kier molecular flexibility index (Phi) is 8.07. The molecule has 0 aromatic heterocycles. The second-order valence-electron chi connectivity index (χ2n) is 5.23. The van der Waals surface area contributed by atoms with Gasteiger partial charge in [0.15, 0.2) is 0 Å². The van der Waals surface area contributed by atoms with Gasteiger partial charge in [0.2, 0.25) is 0 Å². The molecule has 0 saturated heterocycles. The highest BCUT2D eigenvalue weighted by Crippen LogP contribution is 2.05. The smallest absolute Gasteiger partial charge is 0.0195 e. The fourth-order valence-electron chi connectivity index (χ4n) is 1.94. The first-order valence-corrected chi connectivity index (χ1v) is 6.45. The van der Waals surface area contributed by atoms with Crippen LogP contribution in [0.15, 0.2) is 0 Å². The molecule has 0 rings (SSSR count). The number of hydrogen-bond acceptors (Lipinski definition) is 2. The summed E-state index contributed by atoms with van der Waals surface area (Å²) in [6.45, 7) is 17.1. The molecular weight excluding hydrogens is 184 g/mol. The molecule has 1 atom stereocenters. The van der Waals surface area contributed by atoms with Crippen LogP contribution in [0.3, 0.4) is 0 Å². The zero-order chi connectivity index (χ0) is 11.8. The molecule has 0 saturated carbocycles. The molecule has 1 N–H and O–H groups in total. The van der Waals surface area contributed by atoms with E-state index in [4.69, 9.17) is 0 Å². The van der Waals surface area contributed by atoms with Crippen LogP contribution in [0.5, 0.6) is 0 Å². The van der Waals surface area contributed by atoms with Gasteiger partial charge in [-0.15, -0.1) is 0 Å². The Labute approximate surface area is 96.4 Å². The van der Waals surface area contributed by atoms with E-state index in [9.17, 15) is 0 Å². The minimum Gasteiger partial charge on any atom is -0.315 e. The van der Waals surface area contributed by atoms with Gasteiger partial charge in [0.05, 0.1) is 0 Å². The minimum absolute atomic E-state index is 0.642. The summed E-state index contributed by atoms with van der Waals surface area (Å²) >= 11 is 0. The maximum Gasteiger partial charge on any atom is 0.0195 e. The molecule has 15 heavy (non-hydrogen) atoms. The van der Waals surface area contributed by atoms with Crippen molar-refractivity contribution in [1.82, 2.24) is 10.2 Å². The minimum atomic E-state index is 0.642. The van der Waals surface area contributed by atoms with E-state index < -0.39 is 0 Å². The van der Waals surface area contributed by atoms with E-state index in [1.807, 2.05) is 0 Å². The third-order valence-corrected chi connectivity index (χ3v) is 2.70. The van der Waals surface area contributed by atoms with Crippen molar-refractivity contribution < 1.29 is 0 Å². The SMILES string of the molecule is CCCN(C(C)C)C(C)CNCC(C)C. The van der Waals surface area contributed by atoms with Gasteiger partial charge in [-0.2, -0.15) is 0 Å². The molecule has 1 unspecified atom stereocenters. The average molecular weight is 214 g/mol. The molecule has 2 heteroatoms. The molecule has 0 aromatic rings. The van der Waals surface area contributed by atoms with Gasteiger partial charge in [0.25, 0.3) is 0 Å². The average Bonchev–Trinajstić information content (AvgIpc) is 2.12. The second-order valence-corrected chi connectivity index (χ2v) is 5.23. The lowest BCUT2D eigenvalue weighted by molar-refractivity contribution is 0.160. The summed E-state index contributed by atoms with van der Waals surface area (Å²) in [5.74, 6) is 0.746. The third kappa shape index (κ3) is 6.91. The van der Waals surface area contributed by atoms with Crippen molar-refractivity contribution in [3.63, 3.8) is 0 Å². The van der Waals surface area contributed by atoms with Gasteiger partial charge in [-0.05, 0) is 46.2 Å². The van der Waals surface area contributed by atoms with Crippen LogP contribution in [0, 0.1) is 5.92 Å². The quantitative estimate of drug-likeness (QED) is 0.668. The van der Waals surface area contributed by atoms with Crippen LogP contribution in [0.2, 0.25) is 0 Å². The number of nitrogens with one attached hydrogen (secondary N) is 1. The predicted octanol–water partition coefficient (Wildman–Crippen LogP) is 2.74. The van der Waals surface area contributed by atoms with Crippen molar-refractivity contribution in [2.45, 2.75) is 60.0 Å². The summed E-state index contributed by atoms with van der Waals surface area (Å²) in [6.07, 6.45) is 1.24. The molecule has 0 aliphatic carbocycles. The first-order chi connectivity index (χ1) is 6.99. The first-order valence-electron chi connectivity index (χ1n) is 6.45. The van der Waals surface area contributed by atoms with Crippen molar-refractivity contribution in [2.24, 2.45) is 5.92 Å². The van der Waals surface area contributed by atoms with Gasteiger partial charge >= 0.3 is 0 Å². The Balaban J connectivity index is 3.86. The lowest BCUT2D eigenvalue weighted by atomic mass is 10.2. The molecule has 0 aliphatic rings. The van der Waals surface area contributed by atoms with E-state index in [-0.39, 0.29) is 0 Å². The second kappa shape index (κ2) is 8.12. The fourth-order valence-corrected chi connectivity index (χ4v) is 1.94. The molecule has 0 radical (unpaired) electrons. The fraction of sp³-hybridized carbons (Fsp3) is 1.00. The van der Waals surface area contributed by atoms with Crippen LogP contribution in [0.25, 0.3) is 0 Å². The van der Waals surface area contributed by atoms with Crippen LogP contribution < -0.4 is 5.32 Å². The molecule has 0 amide bonds. The van der Waals surface area contributed by atoms with Gasteiger partial charge < -0.3 is 5.32 Å². The van der Waals surface area contributed by atoms with Crippen LogP contribution >= 0.6 is 0 Å². The summed E-state index contributed by atoms with van der Waals surface area (Å²) in [5, 5.41) is 3.54. The number of nitrogens with zero attached hydrogens (tertiary/aromatic N) is 1. The van der Waals surface area contributed by atoms with Crippen molar-refractivity contribution >= 4 is 0 Å². The van der Waals surface area contributed by atoms with Gasteiger partial charge in [-0.3, -0.25) is 4.90 Å².